The number of likely N-dealkylation sites (tertiary alicyclic amines) is 1. The maximum absolute atomic E-state index is 12.4. The van der Waals surface area contributed by atoms with Gasteiger partial charge in [-0.15, -0.1) is 0 Å². The van der Waals surface area contributed by atoms with Gasteiger partial charge in [0.15, 0.2) is 0 Å². The summed E-state index contributed by atoms with van der Waals surface area (Å²) in [6.07, 6.45) is 6.76. The Kier molecular flexibility index (Phi) is 6.31. The van der Waals surface area contributed by atoms with Gasteiger partial charge in [-0.25, -0.2) is 18.2 Å². The summed E-state index contributed by atoms with van der Waals surface area (Å²) in [6, 6.07) is 2.11. The zero-order chi connectivity index (χ0) is 24.0. The van der Waals surface area contributed by atoms with Crippen LogP contribution in [0.3, 0.4) is 0 Å². The molecule has 1 unspecified atom stereocenters. The zero-order valence-electron chi connectivity index (χ0n) is 20.5. The third kappa shape index (κ3) is 5.39. The van der Waals surface area contributed by atoms with Crippen molar-refractivity contribution in [2.24, 2.45) is 5.92 Å². The number of hydrogen-bond donors (Lipinski definition) is 0. The van der Waals surface area contributed by atoms with E-state index in [4.69, 9.17) is 9.47 Å². The van der Waals surface area contributed by atoms with Gasteiger partial charge in [-0.1, -0.05) is 0 Å². The van der Waals surface area contributed by atoms with Gasteiger partial charge in [0.2, 0.25) is 0 Å². The van der Waals surface area contributed by atoms with E-state index in [2.05, 4.69) is 22.9 Å². The van der Waals surface area contributed by atoms with Crippen LogP contribution in [0.1, 0.15) is 58.9 Å². The fourth-order valence-corrected chi connectivity index (χ4v) is 6.35. The predicted molar refractivity (Wildman–Crippen MR) is 128 cm³/mol. The molecule has 1 aromatic rings. The number of anilines is 1. The van der Waals surface area contributed by atoms with E-state index >= 15 is 0 Å². The summed E-state index contributed by atoms with van der Waals surface area (Å²) in [6.45, 7) is 10.6. The monoisotopic (exact) mass is 479 g/mol. The van der Waals surface area contributed by atoms with Crippen LogP contribution in [0.25, 0.3) is 0 Å². The third-order valence-corrected chi connectivity index (χ3v) is 8.88. The quantitative estimate of drug-likeness (QED) is 0.656. The SMILES string of the molecule is CC(C)(C)OC(=O)N1CCC(C2(C)Cc3cc(N4CCC(S(C)(=O)=O)CC4)ncc3O2)CC1. The number of nitrogens with zero attached hydrogens (tertiary/aromatic N) is 3. The fourth-order valence-electron chi connectivity index (χ4n) is 5.28. The summed E-state index contributed by atoms with van der Waals surface area (Å²) in [5.74, 6) is 2.08. The molecule has 0 radical (unpaired) electrons. The highest BCUT2D eigenvalue weighted by Gasteiger charge is 2.44. The van der Waals surface area contributed by atoms with Gasteiger partial charge in [0.1, 0.15) is 32.6 Å². The van der Waals surface area contributed by atoms with Crippen molar-refractivity contribution in [2.45, 2.75) is 76.3 Å². The summed E-state index contributed by atoms with van der Waals surface area (Å²) in [5.41, 5.74) is 0.356. The van der Waals surface area contributed by atoms with Crippen LogP contribution in [0.5, 0.6) is 5.75 Å². The molecule has 2 fully saturated rings. The van der Waals surface area contributed by atoms with Gasteiger partial charge in [-0.3, -0.25) is 0 Å². The van der Waals surface area contributed by atoms with E-state index in [0.717, 1.165) is 36.4 Å². The molecule has 0 aromatic carbocycles. The van der Waals surface area contributed by atoms with Gasteiger partial charge in [-0.2, -0.15) is 0 Å². The molecule has 184 valence electrons. The van der Waals surface area contributed by atoms with Crippen molar-refractivity contribution in [3.05, 3.63) is 17.8 Å². The lowest BCUT2D eigenvalue weighted by molar-refractivity contribution is -0.00829. The number of amides is 1. The highest BCUT2D eigenvalue weighted by atomic mass is 32.2. The van der Waals surface area contributed by atoms with Crippen molar-refractivity contribution in [3.63, 3.8) is 0 Å². The van der Waals surface area contributed by atoms with E-state index in [1.54, 1.807) is 4.90 Å². The van der Waals surface area contributed by atoms with Crippen molar-refractivity contribution in [2.75, 3.05) is 37.3 Å². The van der Waals surface area contributed by atoms with Crippen LogP contribution in [0, 0.1) is 5.92 Å². The average molecular weight is 480 g/mol. The Morgan fingerprint density at radius 1 is 1.15 bits per heavy atom. The normalized spacial score (nSPS) is 25.0. The lowest BCUT2D eigenvalue weighted by Gasteiger charge is -2.40. The minimum Gasteiger partial charge on any atom is -0.485 e. The Morgan fingerprint density at radius 2 is 1.79 bits per heavy atom. The topological polar surface area (TPSA) is 89.0 Å². The lowest BCUT2D eigenvalue weighted by atomic mass is 9.79. The van der Waals surface area contributed by atoms with Gasteiger partial charge in [0.25, 0.3) is 0 Å². The number of aromatic nitrogens is 1. The van der Waals surface area contributed by atoms with Crippen molar-refractivity contribution >= 4 is 21.7 Å². The standard InChI is InChI=1S/C24H37N3O5S/c1-23(2,3)32-22(28)27-10-6-18(7-11-27)24(4)15-17-14-21(25-16-20(17)31-24)26-12-8-19(9-13-26)33(5,29)30/h14,16,18-19H,6-13,15H2,1-5H3. The number of sulfone groups is 1. The minimum absolute atomic E-state index is 0.241. The first-order chi connectivity index (χ1) is 15.3. The molecule has 0 aliphatic carbocycles. The lowest BCUT2D eigenvalue weighted by Crippen LogP contribution is -2.48. The maximum Gasteiger partial charge on any atom is 0.410 e. The minimum atomic E-state index is -2.99. The van der Waals surface area contributed by atoms with Gasteiger partial charge >= 0.3 is 6.09 Å². The molecule has 3 aliphatic rings. The van der Waals surface area contributed by atoms with E-state index in [-0.39, 0.29) is 16.9 Å². The Bertz CT molecular complexity index is 990. The molecule has 0 bridgehead atoms. The Balaban J connectivity index is 1.36. The van der Waals surface area contributed by atoms with Gasteiger partial charge in [-0.05, 0) is 59.4 Å². The number of ether oxygens (including phenoxy) is 2. The van der Waals surface area contributed by atoms with E-state index in [1.165, 1.54) is 6.26 Å². The highest BCUT2D eigenvalue weighted by molar-refractivity contribution is 7.91. The molecule has 33 heavy (non-hydrogen) atoms. The number of piperidine rings is 2. The van der Waals surface area contributed by atoms with Crippen LogP contribution in [-0.2, 0) is 21.0 Å². The molecule has 2 saturated heterocycles. The number of hydrogen-bond acceptors (Lipinski definition) is 7. The van der Waals surface area contributed by atoms with Crippen LogP contribution in [0.15, 0.2) is 12.3 Å². The van der Waals surface area contributed by atoms with E-state index in [9.17, 15) is 13.2 Å². The summed E-state index contributed by atoms with van der Waals surface area (Å²) in [7, 11) is -2.99. The second kappa shape index (κ2) is 8.64. The highest BCUT2D eigenvalue weighted by Crippen LogP contribution is 2.43. The van der Waals surface area contributed by atoms with Crippen molar-refractivity contribution in [1.29, 1.82) is 0 Å². The maximum atomic E-state index is 12.4. The Labute approximate surface area is 197 Å². The number of pyridine rings is 1. The van der Waals surface area contributed by atoms with E-state index in [0.29, 0.717) is 44.9 Å². The molecule has 4 rings (SSSR count). The first-order valence-corrected chi connectivity index (χ1v) is 13.9. The number of fused-ring (bicyclic) bond motifs is 1. The predicted octanol–water partition coefficient (Wildman–Crippen LogP) is 3.44. The first kappa shape index (κ1) is 24.1. The third-order valence-electron chi connectivity index (χ3n) is 7.20. The Morgan fingerprint density at radius 3 is 2.36 bits per heavy atom. The van der Waals surface area contributed by atoms with Crippen LogP contribution in [-0.4, -0.2) is 73.3 Å². The molecular formula is C24H37N3O5S. The molecular weight excluding hydrogens is 442 g/mol. The van der Waals surface area contributed by atoms with Crippen LogP contribution in [0.4, 0.5) is 10.6 Å². The molecule has 9 heteroatoms. The van der Waals surface area contributed by atoms with Crippen LogP contribution in [0.2, 0.25) is 0 Å². The van der Waals surface area contributed by atoms with Gasteiger partial charge < -0.3 is 19.3 Å². The van der Waals surface area contributed by atoms with E-state index in [1.807, 2.05) is 27.0 Å². The van der Waals surface area contributed by atoms with E-state index < -0.39 is 15.4 Å². The summed E-state index contributed by atoms with van der Waals surface area (Å²) < 4.78 is 35.6. The average Bonchev–Trinajstić information content (AvgIpc) is 3.08. The van der Waals surface area contributed by atoms with Crippen molar-refractivity contribution in [1.82, 2.24) is 9.88 Å². The number of carbonyl (C=O) groups excluding carboxylic acids is 1. The second-order valence-corrected chi connectivity index (χ2v) is 13.3. The largest absolute Gasteiger partial charge is 0.485 e. The molecule has 4 heterocycles. The molecule has 0 saturated carbocycles. The molecule has 3 aliphatic heterocycles. The first-order valence-electron chi connectivity index (χ1n) is 11.9. The molecule has 1 aromatic heterocycles. The van der Waals surface area contributed by atoms with Gasteiger partial charge in [0, 0.05) is 50.3 Å². The molecule has 0 N–H and O–H groups in total. The second-order valence-electron chi connectivity index (χ2n) is 11.0. The smallest absolute Gasteiger partial charge is 0.410 e. The number of carbonyl (C=O) groups is 1. The van der Waals surface area contributed by atoms with Crippen LogP contribution < -0.4 is 9.64 Å². The zero-order valence-corrected chi connectivity index (χ0v) is 21.3. The van der Waals surface area contributed by atoms with Crippen molar-refractivity contribution in [3.8, 4) is 5.75 Å². The van der Waals surface area contributed by atoms with Crippen molar-refractivity contribution < 1.29 is 22.7 Å². The molecule has 8 nitrogen and oxygen atoms in total. The fraction of sp³-hybridized carbons (Fsp3) is 0.750. The summed E-state index contributed by atoms with van der Waals surface area (Å²) in [4.78, 5) is 21.0. The molecule has 1 atom stereocenters. The molecule has 1 amide bonds. The summed E-state index contributed by atoms with van der Waals surface area (Å²) in [5, 5.41) is -0.249. The summed E-state index contributed by atoms with van der Waals surface area (Å²) >= 11 is 0. The molecule has 0 spiro atoms. The Hall–Kier alpha value is -2.03. The number of rotatable bonds is 3. The van der Waals surface area contributed by atoms with Gasteiger partial charge in [0.05, 0.1) is 11.4 Å². The van der Waals surface area contributed by atoms with Crippen LogP contribution >= 0.6 is 0 Å².